The fraction of sp³-hybridized carbons (Fsp3) is 0.278. The number of carbonyl (C=O) groups is 2. The molecule has 2 aromatic heterocycles. The molecule has 0 unspecified atom stereocenters. The number of likely N-dealkylation sites (N-methyl/N-ethyl adjacent to an activating group) is 1. The van der Waals surface area contributed by atoms with E-state index in [1.807, 2.05) is 18.2 Å². The predicted octanol–water partition coefficient (Wildman–Crippen LogP) is 2.70. The van der Waals surface area contributed by atoms with Crippen LogP contribution >= 0.6 is 15.9 Å². The molecule has 1 aromatic carbocycles. The second-order valence-corrected chi connectivity index (χ2v) is 7.50. The summed E-state index contributed by atoms with van der Waals surface area (Å²) in [5, 5.41) is 9.95. The summed E-state index contributed by atoms with van der Waals surface area (Å²) in [5.41, 5.74) is 2.22. The number of halogens is 1. The number of nitrogens with one attached hydrogen (secondary N) is 2. The van der Waals surface area contributed by atoms with Gasteiger partial charge < -0.3 is 4.90 Å². The molecular formula is C18H17BrN6O2. The lowest BCUT2D eigenvalue weighted by Crippen LogP contribution is -2.35. The second kappa shape index (κ2) is 7.07. The lowest BCUT2D eigenvalue weighted by Gasteiger charge is -2.18. The van der Waals surface area contributed by atoms with Crippen molar-refractivity contribution in [3.05, 3.63) is 46.2 Å². The number of aromatic amines is 1. The largest absolute Gasteiger partial charge is 0.332 e. The Morgan fingerprint density at radius 3 is 2.93 bits per heavy atom. The molecule has 138 valence electrons. The fourth-order valence-electron chi connectivity index (χ4n) is 2.92. The van der Waals surface area contributed by atoms with E-state index in [1.54, 1.807) is 19.4 Å². The zero-order chi connectivity index (χ0) is 19.0. The molecule has 0 spiro atoms. The van der Waals surface area contributed by atoms with Crippen LogP contribution in [0.15, 0.2) is 35.1 Å². The minimum atomic E-state index is -0.366. The van der Waals surface area contributed by atoms with E-state index in [0.29, 0.717) is 17.1 Å². The molecule has 27 heavy (non-hydrogen) atoms. The van der Waals surface area contributed by atoms with E-state index < -0.39 is 0 Å². The van der Waals surface area contributed by atoms with Gasteiger partial charge in [-0.2, -0.15) is 10.1 Å². The number of amides is 2. The van der Waals surface area contributed by atoms with Gasteiger partial charge in [0, 0.05) is 23.3 Å². The van der Waals surface area contributed by atoms with Crippen LogP contribution in [0.4, 0.5) is 5.95 Å². The van der Waals surface area contributed by atoms with Crippen LogP contribution in [0.5, 0.6) is 0 Å². The zero-order valence-corrected chi connectivity index (χ0v) is 16.2. The molecule has 2 heterocycles. The summed E-state index contributed by atoms with van der Waals surface area (Å²) in [7, 11) is 1.61. The third-order valence-electron chi connectivity index (χ3n) is 4.43. The van der Waals surface area contributed by atoms with Crippen molar-refractivity contribution in [2.24, 2.45) is 0 Å². The maximum Gasteiger partial charge on any atom is 0.254 e. The summed E-state index contributed by atoms with van der Waals surface area (Å²) >= 11 is 3.46. The maximum absolute atomic E-state index is 12.8. The van der Waals surface area contributed by atoms with E-state index in [4.69, 9.17) is 0 Å². The van der Waals surface area contributed by atoms with Gasteiger partial charge in [-0.3, -0.25) is 20.0 Å². The molecule has 1 fully saturated rings. The molecule has 1 saturated carbocycles. The van der Waals surface area contributed by atoms with Crippen molar-refractivity contribution >= 4 is 44.7 Å². The van der Waals surface area contributed by atoms with Crippen molar-refractivity contribution in [3.8, 4) is 0 Å². The summed E-state index contributed by atoms with van der Waals surface area (Å²) < 4.78 is 0.952. The summed E-state index contributed by atoms with van der Waals surface area (Å²) in [6.45, 7) is -0.0939. The van der Waals surface area contributed by atoms with Crippen molar-refractivity contribution in [1.29, 1.82) is 0 Å². The number of anilines is 1. The Balaban J connectivity index is 1.44. The van der Waals surface area contributed by atoms with Gasteiger partial charge in [-0.25, -0.2) is 4.98 Å². The van der Waals surface area contributed by atoms with E-state index in [0.717, 1.165) is 28.3 Å². The van der Waals surface area contributed by atoms with Crippen LogP contribution in [0.2, 0.25) is 0 Å². The topological polar surface area (TPSA) is 104 Å². The van der Waals surface area contributed by atoms with Crippen molar-refractivity contribution in [2.75, 3.05) is 18.9 Å². The van der Waals surface area contributed by atoms with Crippen LogP contribution in [-0.4, -0.2) is 50.5 Å². The van der Waals surface area contributed by atoms with Gasteiger partial charge in [-0.15, -0.1) is 0 Å². The first-order valence-corrected chi connectivity index (χ1v) is 9.31. The lowest BCUT2D eigenvalue weighted by molar-refractivity contribution is -0.116. The first kappa shape index (κ1) is 17.6. The van der Waals surface area contributed by atoms with Gasteiger partial charge in [-0.1, -0.05) is 15.9 Å². The first-order chi connectivity index (χ1) is 13.0. The van der Waals surface area contributed by atoms with Gasteiger partial charge in [0.2, 0.25) is 11.9 Å². The van der Waals surface area contributed by atoms with Crippen LogP contribution < -0.4 is 5.32 Å². The van der Waals surface area contributed by atoms with E-state index in [9.17, 15) is 9.59 Å². The standard InChI is InChI=1S/C18H17BrN6O2/c1-25(17(27)13-5-4-12(19)6-14(13)10-2-3-10)9-15(26)22-18-20-7-11-8-21-24-16(11)23-18/h4-8,10H,2-3,9H2,1H3,(H2,20,21,22,23,24,26). The van der Waals surface area contributed by atoms with Crippen molar-refractivity contribution in [2.45, 2.75) is 18.8 Å². The maximum atomic E-state index is 12.8. The number of aromatic nitrogens is 4. The Hall–Kier alpha value is -2.81. The number of hydrogen-bond acceptors (Lipinski definition) is 5. The minimum Gasteiger partial charge on any atom is -0.332 e. The Morgan fingerprint density at radius 1 is 1.33 bits per heavy atom. The van der Waals surface area contributed by atoms with Gasteiger partial charge in [0.15, 0.2) is 5.65 Å². The third-order valence-corrected chi connectivity index (χ3v) is 4.92. The van der Waals surface area contributed by atoms with Crippen LogP contribution in [0.1, 0.15) is 34.7 Å². The molecule has 2 amide bonds. The van der Waals surface area contributed by atoms with Gasteiger partial charge >= 0.3 is 0 Å². The molecule has 3 aromatic rings. The highest BCUT2D eigenvalue weighted by Crippen LogP contribution is 2.42. The summed E-state index contributed by atoms with van der Waals surface area (Å²) in [4.78, 5) is 34.8. The molecule has 8 nitrogen and oxygen atoms in total. The Labute approximate surface area is 163 Å². The molecule has 4 rings (SSSR count). The van der Waals surface area contributed by atoms with Crippen LogP contribution in [0.25, 0.3) is 11.0 Å². The van der Waals surface area contributed by atoms with Crippen molar-refractivity contribution < 1.29 is 9.59 Å². The number of rotatable bonds is 5. The Morgan fingerprint density at radius 2 is 2.15 bits per heavy atom. The van der Waals surface area contributed by atoms with Crippen LogP contribution in [0.3, 0.4) is 0 Å². The number of hydrogen-bond donors (Lipinski definition) is 2. The summed E-state index contributed by atoms with van der Waals surface area (Å²) in [6.07, 6.45) is 5.35. The number of nitrogens with zero attached hydrogens (tertiary/aromatic N) is 4. The fourth-order valence-corrected chi connectivity index (χ4v) is 3.29. The smallest absolute Gasteiger partial charge is 0.254 e. The average Bonchev–Trinajstić information content (AvgIpc) is 3.38. The average molecular weight is 429 g/mol. The summed E-state index contributed by atoms with van der Waals surface area (Å²) in [6, 6.07) is 5.65. The van der Waals surface area contributed by atoms with E-state index in [1.165, 1.54) is 4.90 Å². The highest BCUT2D eigenvalue weighted by Gasteiger charge is 2.29. The molecular weight excluding hydrogens is 412 g/mol. The Bertz CT molecular complexity index is 1030. The molecule has 1 aliphatic carbocycles. The molecule has 0 aliphatic heterocycles. The first-order valence-electron chi connectivity index (χ1n) is 8.52. The molecule has 0 saturated heterocycles. The normalized spacial score (nSPS) is 13.6. The molecule has 0 atom stereocenters. The van der Waals surface area contributed by atoms with Crippen molar-refractivity contribution in [1.82, 2.24) is 25.1 Å². The van der Waals surface area contributed by atoms with Crippen molar-refractivity contribution in [3.63, 3.8) is 0 Å². The van der Waals surface area contributed by atoms with Gasteiger partial charge in [-0.05, 0) is 42.5 Å². The highest BCUT2D eigenvalue weighted by molar-refractivity contribution is 9.10. The highest BCUT2D eigenvalue weighted by atomic mass is 79.9. The van der Waals surface area contributed by atoms with Crippen LogP contribution in [0, 0.1) is 0 Å². The Kier molecular flexibility index (Phi) is 4.61. The SMILES string of the molecule is CN(CC(=O)Nc1ncc2cn[nH]c2n1)C(=O)c1ccc(Br)cc1C1CC1. The number of fused-ring (bicyclic) bond motifs is 1. The van der Waals surface area contributed by atoms with E-state index in [-0.39, 0.29) is 24.3 Å². The third kappa shape index (κ3) is 3.82. The molecule has 0 radical (unpaired) electrons. The predicted molar refractivity (Wildman–Crippen MR) is 103 cm³/mol. The monoisotopic (exact) mass is 428 g/mol. The second-order valence-electron chi connectivity index (χ2n) is 6.58. The van der Waals surface area contributed by atoms with E-state index in [2.05, 4.69) is 41.4 Å². The molecule has 1 aliphatic rings. The number of H-pyrrole nitrogens is 1. The molecule has 2 N–H and O–H groups in total. The number of benzene rings is 1. The molecule has 0 bridgehead atoms. The quantitative estimate of drug-likeness (QED) is 0.649. The number of carbonyl (C=O) groups excluding carboxylic acids is 2. The minimum absolute atomic E-state index is 0.0939. The zero-order valence-electron chi connectivity index (χ0n) is 14.6. The molecule has 9 heteroatoms. The van der Waals surface area contributed by atoms with E-state index >= 15 is 0 Å². The van der Waals surface area contributed by atoms with Crippen LogP contribution in [-0.2, 0) is 4.79 Å². The van der Waals surface area contributed by atoms with Gasteiger partial charge in [0.25, 0.3) is 5.91 Å². The van der Waals surface area contributed by atoms with Gasteiger partial charge in [0.05, 0.1) is 18.1 Å². The lowest BCUT2D eigenvalue weighted by atomic mass is 10.0. The summed E-state index contributed by atoms with van der Waals surface area (Å²) in [5.74, 6) is 0.0532. The van der Waals surface area contributed by atoms with Gasteiger partial charge in [0.1, 0.15) is 0 Å².